The van der Waals surface area contributed by atoms with Gasteiger partial charge in [-0.1, -0.05) is 84.9 Å². The second kappa shape index (κ2) is 17.3. The fraction of sp³-hybridized carbons (Fsp3) is 0.357. The van der Waals surface area contributed by atoms with Gasteiger partial charge in [0.1, 0.15) is 6.54 Å². The van der Waals surface area contributed by atoms with E-state index in [4.69, 9.17) is 14.2 Å². The number of ether oxygens (including phenoxy) is 3. The smallest absolute Gasteiger partial charge is 0.326 e. The number of esters is 1. The van der Waals surface area contributed by atoms with E-state index in [1.165, 1.54) is 0 Å². The molecule has 12 nitrogen and oxygen atoms in total. The second-order valence-corrected chi connectivity index (χ2v) is 13.8. The quantitative estimate of drug-likeness (QED) is 0.119. The highest BCUT2D eigenvalue weighted by atomic mass is 16.7. The van der Waals surface area contributed by atoms with Crippen molar-refractivity contribution in [3.63, 3.8) is 0 Å². The molecule has 54 heavy (non-hydrogen) atoms. The lowest BCUT2D eigenvalue weighted by Crippen LogP contribution is -2.43. The van der Waals surface area contributed by atoms with Crippen LogP contribution in [0.2, 0.25) is 0 Å². The molecule has 4 aromatic carbocycles. The topological polar surface area (TPSA) is 147 Å². The Balaban J connectivity index is 1.03. The van der Waals surface area contributed by atoms with Crippen LogP contribution < -0.4 is 16.3 Å². The van der Waals surface area contributed by atoms with Gasteiger partial charge in [0.2, 0.25) is 0 Å². The van der Waals surface area contributed by atoms with E-state index in [0.717, 1.165) is 76.9 Å². The lowest BCUT2D eigenvalue weighted by molar-refractivity contribution is -0.253. The first-order valence-electron chi connectivity index (χ1n) is 18.7. The van der Waals surface area contributed by atoms with Crippen LogP contribution in [0.5, 0.6) is 0 Å². The first kappa shape index (κ1) is 37.1. The number of hydrogen-bond acceptors (Lipinski definition) is 8. The van der Waals surface area contributed by atoms with Crippen LogP contribution in [-0.4, -0.2) is 70.4 Å². The molecule has 2 aliphatic heterocycles. The molecule has 7 rings (SSSR count). The Morgan fingerprint density at radius 3 is 2.37 bits per heavy atom. The maximum atomic E-state index is 12.9. The van der Waals surface area contributed by atoms with Crippen LogP contribution in [0.15, 0.2) is 102 Å². The third-order valence-electron chi connectivity index (χ3n) is 10.3. The third-order valence-corrected chi connectivity index (χ3v) is 10.3. The Morgan fingerprint density at radius 2 is 1.61 bits per heavy atom. The first-order valence-corrected chi connectivity index (χ1v) is 18.7. The molecule has 4 N–H and O–H groups in total. The number of urea groups is 1. The van der Waals surface area contributed by atoms with Crippen molar-refractivity contribution in [3.8, 4) is 11.1 Å². The van der Waals surface area contributed by atoms with Crippen molar-refractivity contribution in [2.75, 3.05) is 32.8 Å². The van der Waals surface area contributed by atoms with Gasteiger partial charge in [0.05, 0.1) is 36.5 Å². The number of carbonyl (C=O) groups is 2. The van der Waals surface area contributed by atoms with Crippen LogP contribution >= 0.6 is 0 Å². The summed E-state index contributed by atoms with van der Waals surface area (Å²) in [5, 5.41) is 15.0. The van der Waals surface area contributed by atoms with Crippen LogP contribution in [0.3, 0.4) is 0 Å². The van der Waals surface area contributed by atoms with Crippen molar-refractivity contribution < 1.29 is 28.9 Å². The Morgan fingerprint density at radius 1 is 0.889 bits per heavy atom. The molecule has 2 fully saturated rings. The minimum atomic E-state index is -0.595. The van der Waals surface area contributed by atoms with E-state index in [1.807, 2.05) is 102 Å². The van der Waals surface area contributed by atoms with Gasteiger partial charge in [0, 0.05) is 44.2 Å². The van der Waals surface area contributed by atoms with Crippen molar-refractivity contribution >= 4 is 23.0 Å². The summed E-state index contributed by atoms with van der Waals surface area (Å²) in [6.45, 7) is 4.48. The highest BCUT2D eigenvalue weighted by Gasteiger charge is 2.34. The molecular weight excluding hydrogens is 686 g/mol. The summed E-state index contributed by atoms with van der Waals surface area (Å²) in [5.74, 6) is -0.489. The van der Waals surface area contributed by atoms with Crippen LogP contribution in [0, 0.1) is 0 Å². The van der Waals surface area contributed by atoms with Gasteiger partial charge in [-0.05, 0) is 59.7 Å². The number of H-pyrrole nitrogens is 1. The summed E-state index contributed by atoms with van der Waals surface area (Å²) in [6.07, 6.45) is 1.53. The van der Waals surface area contributed by atoms with Crippen LogP contribution in [0.25, 0.3) is 22.2 Å². The van der Waals surface area contributed by atoms with Crippen LogP contribution in [0.4, 0.5) is 4.79 Å². The average molecular weight is 734 g/mol. The minimum Gasteiger partial charge on any atom is -0.465 e. The number of amides is 2. The molecule has 3 atom stereocenters. The van der Waals surface area contributed by atoms with Crippen molar-refractivity contribution in [1.82, 2.24) is 25.1 Å². The Kier molecular flexibility index (Phi) is 11.8. The van der Waals surface area contributed by atoms with Gasteiger partial charge >= 0.3 is 17.7 Å². The summed E-state index contributed by atoms with van der Waals surface area (Å²) in [4.78, 5) is 42.2. The summed E-state index contributed by atoms with van der Waals surface area (Å²) in [7, 11) is 0. The minimum absolute atomic E-state index is 0.0188. The van der Waals surface area contributed by atoms with E-state index >= 15 is 0 Å². The van der Waals surface area contributed by atoms with Gasteiger partial charge in [0.15, 0.2) is 6.29 Å². The monoisotopic (exact) mass is 733 g/mol. The second-order valence-electron chi connectivity index (χ2n) is 13.8. The molecule has 0 spiro atoms. The predicted octanol–water partition coefficient (Wildman–Crippen LogP) is 5.73. The number of imidazole rings is 1. The number of aliphatic hydroxyl groups excluding tert-OH is 1. The number of carbonyl (C=O) groups excluding carboxylic acids is 2. The average Bonchev–Trinajstić information content (AvgIpc) is 3.55. The molecule has 1 aromatic heterocycles. The number of nitrogens with zero attached hydrogens (tertiary/aromatic N) is 2. The number of aromatic amines is 1. The standard InChI is InChI=1S/C42H47N5O7/c1-2-52-39(49)25-44-41(50)43-24-32-7-3-4-8-35(32)29-15-17-31(18-16-29)40-53-34(23-38(54-40)30-13-11-28(27-48)12-14-30)26-46-21-19-33(20-22-46)47-37-10-6-5-9-36(37)45-42(47)51/h3-18,33-34,38,40,48H,2,19-27H2,1H3,(H,45,51)(H2,43,44,50)/t34-,38+,40+/m1/s1. The molecule has 2 saturated heterocycles. The molecule has 0 saturated carbocycles. The highest BCUT2D eigenvalue weighted by Crippen LogP contribution is 2.39. The van der Waals surface area contributed by atoms with Gasteiger partial charge in [-0.15, -0.1) is 0 Å². The number of rotatable bonds is 12. The number of piperidine rings is 1. The third kappa shape index (κ3) is 8.74. The number of para-hydroxylation sites is 2. The molecule has 3 heterocycles. The van der Waals surface area contributed by atoms with E-state index in [-0.39, 0.29) is 50.2 Å². The molecular formula is C42H47N5O7. The number of aliphatic hydroxyl groups is 1. The molecule has 0 aliphatic carbocycles. The molecule has 0 unspecified atom stereocenters. The summed E-state index contributed by atoms with van der Waals surface area (Å²) in [5.41, 5.74) is 7.41. The SMILES string of the molecule is CCOC(=O)CNC(=O)NCc1ccccc1-c1ccc([C@H]2O[C@@H](CN3CCC(n4c(=O)[nH]c5ccccc54)CC3)C[C@@H](c3ccc(CO)cc3)O2)cc1. The lowest BCUT2D eigenvalue weighted by atomic mass is 9.97. The van der Waals surface area contributed by atoms with Gasteiger partial charge in [0.25, 0.3) is 0 Å². The van der Waals surface area contributed by atoms with E-state index in [1.54, 1.807) is 6.92 Å². The largest absolute Gasteiger partial charge is 0.465 e. The molecule has 2 aliphatic rings. The Labute approximate surface area is 314 Å². The lowest BCUT2D eigenvalue weighted by Gasteiger charge is -2.40. The van der Waals surface area contributed by atoms with Crippen molar-refractivity contribution in [1.29, 1.82) is 0 Å². The maximum Gasteiger partial charge on any atom is 0.326 e. The van der Waals surface area contributed by atoms with Crippen LogP contribution in [0.1, 0.15) is 66.9 Å². The fourth-order valence-corrected chi connectivity index (χ4v) is 7.50. The predicted molar refractivity (Wildman–Crippen MR) is 204 cm³/mol. The van der Waals surface area contributed by atoms with Crippen molar-refractivity contribution in [2.24, 2.45) is 0 Å². The molecule has 5 aromatic rings. The number of benzene rings is 4. The van der Waals surface area contributed by atoms with Gasteiger partial charge < -0.3 is 39.8 Å². The summed E-state index contributed by atoms with van der Waals surface area (Å²) < 4.78 is 20.1. The summed E-state index contributed by atoms with van der Waals surface area (Å²) in [6, 6.07) is 31.4. The van der Waals surface area contributed by atoms with Gasteiger partial charge in [-0.3, -0.25) is 9.36 Å². The van der Waals surface area contributed by atoms with Crippen LogP contribution in [-0.2, 0) is 32.2 Å². The van der Waals surface area contributed by atoms with Crippen molar-refractivity contribution in [2.45, 2.75) is 63.9 Å². The number of hydrogen-bond donors (Lipinski definition) is 4. The molecule has 12 heteroatoms. The van der Waals surface area contributed by atoms with E-state index < -0.39 is 18.3 Å². The summed E-state index contributed by atoms with van der Waals surface area (Å²) >= 11 is 0. The van der Waals surface area contributed by atoms with E-state index in [9.17, 15) is 19.5 Å². The zero-order valence-corrected chi connectivity index (χ0v) is 30.4. The Hall–Kier alpha value is -5.27. The molecule has 282 valence electrons. The number of nitrogens with one attached hydrogen (secondary N) is 3. The van der Waals surface area contributed by atoms with Gasteiger partial charge in [-0.2, -0.15) is 0 Å². The zero-order valence-electron chi connectivity index (χ0n) is 30.4. The Bertz CT molecular complexity index is 2090. The number of aromatic nitrogens is 2. The number of likely N-dealkylation sites (tertiary alicyclic amines) is 1. The fourth-order valence-electron chi connectivity index (χ4n) is 7.50. The maximum absolute atomic E-state index is 12.9. The van der Waals surface area contributed by atoms with Gasteiger partial charge in [-0.25, -0.2) is 9.59 Å². The zero-order chi connectivity index (χ0) is 37.4. The molecule has 0 bridgehead atoms. The molecule has 2 amide bonds. The van der Waals surface area contributed by atoms with E-state index in [0.29, 0.717) is 6.42 Å². The molecule has 0 radical (unpaired) electrons. The van der Waals surface area contributed by atoms with E-state index in [2.05, 4.69) is 20.5 Å². The first-order chi connectivity index (χ1) is 26.4. The van der Waals surface area contributed by atoms with Crippen molar-refractivity contribution in [3.05, 3.63) is 130 Å². The highest BCUT2D eigenvalue weighted by molar-refractivity contribution is 5.81. The number of fused-ring (bicyclic) bond motifs is 1. The normalized spacial score (nSPS) is 19.4.